The molecular formula is C14H11BrClN3O. The molecule has 6 heteroatoms. The number of benzene rings is 1. The fraction of sp³-hybridized carbons (Fsp3) is 0.143. The maximum absolute atomic E-state index is 12.4. The second kappa shape index (κ2) is 5.07. The van der Waals surface area contributed by atoms with Crippen LogP contribution in [0.25, 0.3) is 5.52 Å². The van der Waals surface area contributed by atoms with E-state index in [1.165, 1.54) is 0 Å². The van der Waals surface area contributed by atoms with E-state index in [0.717, 1.165) is 15.7 Å². The number of nitrogens with zero attached hydrogens (tertiary/aromatic N) is 3. The summed E-state index contributed by atoms with van der Waals surface area (Å²) in [6, 6.07) is 7.42. The molecule has 0 saturated heterocycles. The molecule has 3 aromatic rings. The van der Waals surface area contributed by atoms with E-state index in [-0.39, 0.29) is 5.56 Å². The number of rotatable bonds is 2. The molecule has 0 N–H and O–H groups in total. The van der Waals surface area contributed by atoms with Crippen molar-refractivity contribution in [3.05, 3.63) is 67.8 Å². The number of hydrogen-bond acceptors (Lipinski definition) is 2. The van der Waals surface area contributed by atoms with Crippen molar-refractivity contribution in [2.24, 2.45) is 0 Å². The minimum absolute atomic E-state index is 0.0768. The summed E-state index contributed by atoms with van der Waals surface area (Å²) in [5.41, 5.74) is 2.21. The van der Waals surface area contributed by atoms with Gasteiger partial charge >= 0.3 is 0 Å². The first-order valence-corrected chi connectivity index (χ1v) is 7.21. The molecule has 0 atom stereocenters. The van der Waals surface area contributed by atoms with Crippen molar-refractivity contribution in [2.45, 2.75) is 13.5 Å². The van der Waals surface area contributed by atoms with Crippen molar-refractivity contribution >= 4 is 33.0 Å². The van der Waals surface area contributed by atoms with Crippen molar-refractivity contribution in [3.63, 3.8) is 0 Å². The predicted molar refractivity (Wildman–Crippen MR) is 82.4 cm³/mol. The van der Waals surface area contributed by atoms with E-state index in [0.29, 0.717) is 17.1 Å². The van der Waals surface area contributed by atoms with Crippen LogP contribution in [0.4, 0.5) is 0 Å². The Balaban J connectivity index is 2.06. The Morgan fingerprint density at radius 2 is 2.10 bits per heavy atom. The fourth-order valence-electron chi connectivity index (χ4n) is 2.11. The molecular weight excluding hydrogens is 342 g/mol. The van der Waals surface area contributed by atoms with Gasteiger partial charge in [0.1, 0.15) is 5.52 Å². The summed E-state index contributed by atoms with van der Waals surface area (Å²) in [7, 11) is 0. The zero-order valence-electron chi connectivity index (χ0n) is 10.7. The SMILES string of the molecule is Cc1cc2c(=O)n(Cc3ccc(Br)cc3Cl)ccn2n1. The van der Waals surface area contributed by atoms with Gasteiger partial charge in [0, 0.05) is 21.9 Å². The Hall–Kier alpha value is -1.59. The third-order valence-electron chi connectivity index (χ3n) is 3.08. The maximum atomic E-state index is 12.4. The molecule has 0 fully saturated rings. The lowest BCUT2D eigenvalue weighted by molar-refractivity contribution is 0.742. The smallest absolute Gasteiger partial charge is 0.276 e. The van der Waals surface area contributed by atoms with Crippen LogP contribution < -0.4 is 5.56 Å². The van der Waals surface area contributed by atoms with Gasteiger partial charge in [-0.3, -0.25) is 4.79 Å². The highest BCUT2D eigenvalue weighted by Gasteiger charge is 2.07. The van der Waals surface area contributed by atoms with Gasteiger partial charge in [0.2, 0.25) is 0 Å². The van der Waals surface area contributed by atoms with Gasteiger partial charge in [-0.05, 0) is 30.7 Å². The summed E-state index contributed by atoms with van der Waals surface area (Å²) in [6.07, 6.45) is 3.50. The molecule has 0 radical (unpaired) electrons. The summed E-state index contributed by atoms with van der Waals surface area (Å²) in [5, 5.41) is 4.86. The summed E-state index contributed by atoms with van der Waals surface area (Å²) in [4.78, 5) is 12.4. The highest BCUT2D eigenvalue weighted by molar-refractivity contribution is 9.10. The molecule has 102 valence electrons. The lowest BCUT2D eigenvalue weighted by atomic mass is 10.2. The van der Waals surface area contributed by atoms with Crippen LogP contribution in [0.5, 0.6) is 0 Å². The van der Waals surface area contributed by atoms with Crippen LogP contribution in [0.3, 0.4) is 0 Å². The standard InChI is InChI=1S/C14H11BrClN3O/c1-9-6-13-14(20)18(4-5-19(13)17-9)8-10-2-3-11(15)7-12(10)16/h2-7H,8H2,1H3. The fourth-order valence-corrected chi connectivity index (χ4v) is 2.84. The van der Waals surface area contributed by atoms with Gasteiger partial charge in [-0.25, -0.2) is 4.52 Å². The van der Waals surface area contributed by atoms with Crippen LogP contribution in [0.2, 0.25) is 5.02 Å². The summed E-state index contributed by atoms with van der Waals surface area (Å²) < 4.78 is 4.14. The minimum atomic E-state index is -0.0768. The van der Waals surface area contributed by atoms with Gasteiger partial charge in [-0.15, -0.1) is 0 Å². The number of halogens is 2. The molecule has 2 aromatic heterocycles. The van der Waals surface area contributed by atoms with Crippen molar-refractivity contribution in [3.8, 4) is 0 Å². The minimum Gasteiger partial charge on any atom is -0.308 e. The van der Waals surface area contributed by atoms with Crippen molar-refractivity contribution < 1.29 is 0 Å². The monoisotopic (exact) mass is 351 g/mol. The normalized spacial score (nSPS) is 11.2. The molecule has 0 bridgehead atoms. The van der Waals surface area contributed by atoms with Gasteiger partial charge in [-0.2, -0.15) is 5.10 Å². The van der Waals surface area contributed by atoms with E-state index in [1.807, 2.05) is 25.1 Å². The first-order chi connectivity index (χ1) is 9.54. The highest BCUT2D eigenvalue weighted by atomic mass is 79.9. The largest absolute Gasteiger partial charge is 0.308 e. The van der Waals surface area contributed by atoms with Crippen LogP contribution in [-0.2, 0) is 6.54 Å². The molecule has 20 heavy (non-hydrogen) atoms. The molecule has 0 aliphatic heterocycles. The van der Waals surface area contributed by atoms with Crippen molar-refractivity contribution in [1.29, 1.82) is 0 Å². The summed E-state index contributed by atoms with van der Waals surface area (Å²) >= 11 is 9.56. The average Bonchev–Trinajstić information content (AvgIpc) is 2.77. The molecule has 1 aromatic carbocycles. The maximum Gasteiger partial charge on any atom is 0.276 e. The van der Waals surface area contributed by atoms with Gasteiger partial charge in [0.25, 0.3) is 5.56 Å². The van der Waals surface area contributed by atoms with Crippen LogP contribution in [-0.4, -0.2) is 14.2 Å². The quantitative estimate of drug-likeness (QED) is 0.710. The van der Waals surface area contributed by atoms with E-state index in [4.69, 9.17) is 11.6 Å². The lowest BCUT2D eigenvalue weighted by Crippen LogP contribution is -2.21. The molecule has 0 aliphatic rings. The summed E-state index contributed by atoms with van der Waals surface area (Å²) in [6.45, 7) is 2.30. The Morgan fingerprint density at radius 3 is 2.85 bits per heavy atom. The first-order valence-electron chi connectivity index (χ1n) is 6.04. The molecule has 4 nitrogen and oxygen atoms in total. The van der Waals surface area contributed by atoms with Crippen LogP contribution in [0, 0.1) is 6.92 Å². The third kappa shape index (κ3) is 2.39. The number of fused-ring (bicyclic) bond motifs is 1. The van der Waals surface area contributed by atoms with Crippen molar-refractivity contribution in [1.82, 2.24) is 14.2 Å². The second-order valence-corrected chi connectivity index (χ2v) is 5.91. The van der Waals surface area contributed by atoms with E-state index in [2.05, 4.69) is 21.0 Å². The molecule has 0 aliphatic carbocycles. The van der Waals surface area contributed by atoms with E-state index in [1.54, 1.807) is 27.5 Å². The second-order valence-electron chi connectivity index (χ2n) is 4.58. The van der Waals surface area contributed by atoms with Crippen LogP contribution in [0.1, 0.15) is 11.3 Å². The van der Waals surface area contributed by atoms with Crippen LogP contribution >= 0.6 is 27.5 Å². The topological polar surface area (TPSA) is 39.3 Å². The van der Waals surface area contributed by atoms with Gasteiger partial charge < -0.3 is 4.57 Å². The third-order valence-corrected chi connectivity index (χ3v) is 3.93. The van der Waals surface area contributed by atoms with Gasteiger partial charge in [0.05, 0.1) is 12.2 Å². The molecule has 0 saturated carbocycles. The molecule has 0 amide bonds. The molecule has 0 unspecified atom stereocenters. The van der Waals surface area contributed by atoms with E-state index >= 15 is 0 Å². The van der Waals surface area contributed by atoms with Gasteiger partial charge in [-0.1, -0.05) is 33.6 Å². The zero-order valence-corrected chi connectivity index (χ0v) is 13.0. The van der Waals surface area contributed by atoms with Gasteiger partial charge in [0.15, 0.2) is 0 Å². The van der Waals surface area contributed by atoms with Crippen molar-refractivity contribution in [2.75, 3.05) is 0 Å². The number of hydrogen-bond donors (Lipinski definition) is 0. The molecule has 3 rings (SSSR count). The van der Waals surface area contributed by atoms with Crippen LogP contribution in [0.15, 0.2) is 45.9 Å². The zero-order chi connectivity index (χ0) is 14.3. The Labute approximate surface area is 128 Å². The van der Waals surface area contributed by atoms with E-state index < -0.39 is 0 Å². The highest BCUT2D eigenvalue weighted by Crippen LogP contribution is 2.21. The first kappa shape index (κ1) is 13.4. The van der Waals surface area contributed by atoms with E-state index in [9.17, 15) is 4.79 Å². The Bertz CT molecular complexity index is 853. The summed E-state index contributed by atoms with van der Waals surface area (Å²) in [5.74, 6) is 0. The number of aryl methyl sites for hydroxylation is 1. The molecule has 2 heterocycles. The average molecular weight is 353 g/mol. The molecule has 0 spiro atoms. The number of aromatic nitrogens is 3. The predicted octanol–water partition coefficient (Wildman–Crippen LogP) is 3.27. The Morgan fingerprint density at radius 1 is 1.30 bits per heavy atom. The lowest BCUT2D eigenvalue weighted by Gasteiger charge is -2.08. The Kier molecular flexibility index (Phi) is 3.40.